The van der Waals surface area contributed by atoms with Crippen LogP contribution in [0.15, 0.2) is 35.8 Å². The lowest BCUT2D eigenvalue weighted by Gasteiger charge is -2.09. The van der Waals surface area contributed by atoms with Crippen LogP contribution in [0, 0.1) is 0 Å². The molecule has 0 saturated carbocycles. The molecule has 1 aromatic carbocycles. The van der Waals surface area contributed by atoms with Crippen LogP contribution in [0.5, 0.6) is 0 Å². The maximum atomic E-state index is 4.28. The van der Waals surface area contributed by atoms with Gasteiger partial charge in [0.2, 0.25) is 0 Å². The van der Waals surface area contributed by atoms with Crippen LogP contribution in [-0.2, 0) is 19.4 Å². The Morgan fingerprint density at radius 2 is 2.00 bits per heavy atom. The second kappa shape index (κ2) is 4.36. The molecule has 0 unspecified atom stereocenters. The molecule has 1 aromatic heterocycles. The lowest BCUT2D eigenvalue weighted by atomic mass is 10.1. The van der Waals surface area contributed by atoms with Crippen LogP contribution in [0.3, 0.4) is 0 Å². The number of nitrogens with one attached hydrogen (secondary N) is 1. The van der Waals surface area contributed by atoms with Crippen LogP contribution in [0.25, 0.3) is 0 Å². The number of rotatable bonds is 3. The first-order valence-corrected chi connectivity index (χ1v) is 6.48. The molecule has 1 N–H and O–H groups in total. The summed E-state index contributed by atoms with van der Waals surface area (Å²) in [4.78, 5) is 4.28. The summed E-state index contributed by atoms with van der Waals surface area (Å²) in [5.74, 6) is 0. The molecule has 0 bridgehead atoms. The van der Waals surface area contributed by atoms with Crippen molar-refractivity contribution in [1.29, 1.82) is 0 Å². The van der Waals surface area contributed by atoms with Crippen molar-refractivity contribution in [2.45, 2.75) is 25.4 Å². The minimum atomic E-state index is 0.585. The van der Waals surface area contributed by atoms with Crippen molar-refractivity contribution in [1.82, 2.24) is 10.3 Å². The number of thiazole rings is 1. The fourth-order valence-electron chi connectivity index (χ4n) is 2.28. The summed E-state index contributed by atoms with van der Waals surface area (Å²) >= 11 is 1.72. The Bertz CT molecular complexity index is 440. The van der Waals surface area contributed by atoms with E-state index in [1.807, 2.05) is 11.6 Å². The molecule has 2 aromatic rings. The van der Waals surface area contributed by atoms with E-state index < -0.39 is 0 Å². The van der Waals surface area contributed by atoms with E-state index in [2.05, 4.69) is 34.6 Å². The first kappa shape index (κ1) is 10.00. The second-order valence-electron chi connectivity index (χ2n) is 4.18. The van der Waals surface area contributed by atoms with Gasteiger partial charge in [0.1, 0.15) is 5.01 Å². The fourth-order valence-corrected chi connectivity index (χ4v) is 2.84. The number of nitrogens with zero attached hydrogens (tertiary/aromatic N) is 1. The number of hydrogen-bond donors (Lipinski definition) is 1. The Morgan fingerprint density at radius 3 is 2.62 bits per heavy atom. The standard InChI is InChI=1S/C13H14N2S/c1-2-4-11-8-12(7-10(11)3-1)15-9-13-14-5-6-16-13/h1-6,12,15H,7-9H2. The Balaban J connectivity index is 1.60. The number of benzene rings is 1. The van der Waals surface area contributed by atoms with E-state index in [4.69, 9.17) is 0 Å². The minimum absolute atomic E-state index is 0.585. The van der Waals surface area contributed by atoms with E-state index in [0.717, 1.165) is 19.4 Å². The molecule has 3 heteroatoms. The molecule has 1 heterocycles. The average Bonchev–Trinajstić information content (AvgIpc) is 2.95. The van der Waals surface area contributed by atoms with E-state index in [1.54, 1.807) is 11.3 Å². The van der Waals surface area contributed by atoms with Gasteiger partial charge in [-0.2, -0.15) is 0 Å². The first-order valence-electron chi connectivity index (χ1n) is 5.60. The summed E-state index contributed by atoms with van der Waals surface area (Å²) < 4.78 is 0. The fraction of sp³-hybridized carbons (Fsp3) is 0.308. The topological polar surface area (TPSA) is 24.9 Å². The third-order valence-corrected chi connectivity index (χ3v) is 3.86. The molecule has 0 amide bonds. The van der Waals surface area contributed by atoms with Gasteiger partial charge < -0.3 is 5.32 Å². The lowest BCUT2D eigenvalue weighted by molar-refractivity contribution is 0.532. The highest BCUT2D eigenvalue weighted by Crippen LogP contribution is 2.21. The first-order chi connectivity index (χ1) is 7.92. The number of fused-ring (bicyclic) bond motifs is 1. The largest absolute Gasteiger partial charge is 0.307 e. The van der Waals surface area contributed by atoms with Gasteiger partial charge in [-0.05, 0) is 24.0 Å². The van der Waals surface area contributed by atoms with Gasteiger partial charge in [-0.15, -0.1) is 11.3 Å². The van der Waals surface area contributed by atoms with Crippen molar-refractivity contribution >= 4 is 11.3 Å². The molecule has 2 nitrogen and oxygen atoms in total. The Kier molecular flexibility index (Phi) is 2.72. The van der Waals surface area contributed by atoms with Crippen LogP contribution in [0.4, 0.5) is 0 Å². The van der Waals surface area contributed by atoms with Gasteiger partial charge in [-0.25, -0.2) is 4.98 Å². The van der Waals surface area contributed by atoms with Gasteiger partial charge in [0.25, 0.3) is 0 Å². The summed E-state index contributed by atoms with van der Waals surface area (Å²) in [7, 11) is 0. The van der Waals surface area contributed by atoms with Gasteiger partial charge in [0.15, 0.2) is 0 Å². The number of hydrogen-bond acceptors (Lipinski definition) is 3. The minimum Gasteiger partial charge on any atom is -0.307 e. The van der Waals surface area contributed by atoms with E-state index >= 15 is 0 Å². The van der Waals surface area contributed by atoms with Crippen molar-refractivity contribution in [2.75, 3.05) is 0 Å². The van der Waals surface area contributed by atoms with Crippen molar-refractivity contribution in [3.63, 3.8) is 0 Å². The molecule has 0 radical (unpaired) electrons. The maximum absolute atomic E-state index is 4.28. The van der Waals surface area contributed by atoms with Crippen LogP contribution in [0.2, 0.25) is 0 Å². The zero-order valence-corrected chi connectivity index (χ0v) is 9.83. The van der Waals surface area contributed by atoms with E-state index in [-0.39, 0.29) is 0 Å². The van der Waals surface area contributed by atoms with Crippen LogP contribution in [-0.4, -0.2) is 11.0 Å². The zero-order valence-electron chi connectivity index (χ0n) is 9.02. The molecular formula is C13H14N2S. The summed E-state index contributed by atoms with van der Waals surface area (Å²) in [6, 6.07) is 9.31. The highest BCUT2D eigenvalue weighted by Gasteiger charge is 2.20. The summed E-state index contributed by atoms with van der Waals surface area (Å²) in [6.45, 7) is 0.899. The summed E-state index contributed by atoms with van der Waals surface area (Å²) in [6.07, 6.45) is 4.17. The van der Waals surface area contributed by atoms with Gasteiger partial charge in [0.05, 0.1) is 0 Å². The Labute approximate surface area is 99.4 Å². The van der Waals surface area contributed by atoms with Crippen LogP contribution >= 0.6 is 11.3 Å². The van der Waals surface area contributed by atoms with Crippen molar-refractivity contribution in [3.05, 3.63) is 52.0 Å². The predicted molar refractivity (Wildman–Crippen MR) is 66.6 cm³/mol. The summed E-state index contributed by atoms with van der Waals surface area (Å²) in [5, 5.41) is 6.78. The molecule has 0 fully saturated rings. The van der Waals surface area contributed by atoms with Crippen LogP contribution < -0.4 is 5.32 Å². The highest BCUT2D eigenvalue weighted by atomic mass is 32.1. The molecule has 16 heavy (non-hydrogen) atoms. The Morgan fingerprint density at radius 1 is 1.25 bits per heavy atom. The van der Waals surface area contributed by atoms with Crippen molar-refractivity contribution in [3.8, 4) is 0 Å². The quantitative estimate of drug-likeness (QED) is 0.876. The maximum Gasteiger partial charge on any atom is 0.106 e. The molecule has 0 atom stereocenters. The molecule has 0 saturated heterocycles. The smallest absolute Gasteiger partial charge is 0.106 e. The van der Waals surface area contributed by atoms with Gasteiger partial charge >= 0.3 is 0 Å². The van der Waals surface area contributed by atoms with Crippen LogP contribution in [0.1, 0.15) is 16.1 Å². The van der Waals surface area contributed by atoms with Crippen molar-refractivity contribution < 1.29 is 0 Å². The zero-order chi connectivity index (χ0) is 10.8. The molecule has 1 aliphatic rings. The monoisotopic (exact) mass is 230 g/mol. The predicted octanol–water partition coefficient (Wildman–Crippen LogP) is 2.40. The van der Waals surface area contributed by atoms with E-state index in [0.29, 0.717) is 6.04 Å². The second-order valence-corrected chi connectivity index (χ2v) is 5.16. The molecule has 3 rings (SSSR count). The van der Waals surface area contributed by atoms with E-state index in [1.165, 1.54) is 16.1 Å². The number of aromatic nitrogens is 1. The van der Waals surface area contributed by atoms with Gasteiger partial charge in [-0.3, -0.25) is 0 Å². The molecular weight excluding hydrogens is 216 g/mol. The molecule has 0 aliphatic heterocycles. The van der Waals surface area contributed by atoms with Crippen molar-refractivity contribution in [2.24, 2.45) is 0 Å². The highest BCUT2D eigenvalue weighted by molar-refractivity contribution is 7.09. The Hall–Kier alpha value is -1.19. The molecule has 82 valence electrons. The molecule has 0 spiro atoms. The third kappa shape index (κ3) is 2.01. The normalized spacial score (nSPS) is 15.2. The van der Waals surface area contributed by atoms with Gasteiger partial charge in [-0.1, -0.05) is 24.3 Å². The lowest BCUT2D eigenvalue weighted by Crippen LogP contribution is -2.28. The van der Waals surface area contributed by atoms with Gasteiger partial charge in [0, 0.05) is 24.2 Å². The molecule has 1 aliphatic carbocycles. The van der Waals surface area contributed by atoms with E-state index in [9.17, 15) is 0 Å². The average molecular weight is 230 g/mol. The summed E-state index contributed by atoms with van der Waals surface area (Å²) in [5.41, 5.74) is 3.00. The SMILES string of the molecule is c1ccc2c(c1)CC(NCc1nccs1)C2. The third-order valence-electron chi connectivity index (χ3n) is 3.08.